The highest BCUT2D eigenvalue weighted by atomic mass is 16.6. The van der Waals surface area contributed by atoms with Crippen LogP contribution in [0.2, 0.25) is 0 Å². The van der Waals surface area contributed by atoms with Crippen molar-refractivity contribution >= 4 is 5.97 Å². The summed E-state index contributed by atoms with van der Waals surface area (Å²) in [6, 6.07) is -1.00. The first-order chi connectivity index (χ1) is 6.65. The molecule has 76 valence electrons. The molecule has 0 aromatic heterocycles. The molecule has 0 amide bonds. The normalized spacial score (nSPS) is 38.6. The maximum atomic E-state index is 11.3. The van der Waals surface area contributed by atoms with Crippen LogP contribution in [0.25, 0.3) is 0 Å². The van der Waals surface area contributed by atoms with E-state index in [1.807, 2.05) is 0 Å². The van der Waals surface area contributed by atoms with Crippen LogP contribution in [0.15, 0.2) is 12.2 Å². The Labute approximate surface area is 79.6 Å². The van der Waals surface area contributed by atoms with E-state index >= 15 is 0 Å². The van der Waals surface area contributed by atoms with Gasteiger partial charge in [0.2, 0.25) is 0 Å². The number of fused-ring (bicyclic) bond motifs is 2. The Morgan fingerprint density at radius 2 is 2.14 bits per heavy atom. The second-order valence-electron chi connectivity index (χ2n) is 3.28. The summed E-state index contributed by atoms with van der Waals surface area (Å²) in [6.45, 7) is 0. The van der Waals surface area contributed by atoms with Gasteiger partial charge in [-0.2, -0.15) is 0 Å². The largest absolute Gasteiger partial charge is 0.469 e. The number of nitro groups is 1. The Bertz CT molecular complexity index is 313. The molecule has 6 nitrogen and oxygen atoms in total. The Morgan fingerprint density at radius 1 is 1.50 bits per heavy atom. The molecule has 0 saturated carbocycles. The standard InChI is InChI=1S/C8H9NO5/c1-13-8(10)6-4-2-3-5(14-4)7(6)9(11)12/h2-7H,1H3/t4-,5+,6+,7+/m0/s1. The average Bonchev–Trinajstić information content (AvgIpc) is 2.74. The monoisotopic (exact) mass is 199 g/mol. The van der Waals surface area contributed by atoms with Crippen LogP contribution in [-0.4, -0.2) is 36.3 Å². The van der Waals surface area contributed by atoms with Crippen LogP contribution in [0.5, 0.6) is 0 Å². The Kier molecular flexibility index (Phi) is 1.99. The first-order valence-electron chi connectivity index (χ1n) is 4.20. The van der Waals surface area contributed by atoms with Gasteiger partial charge in [-0.1, -0.05) is 12.2 Å². The van der Waals surface area contributed by atoms with Gasteiger partial charge in [0.15, 0.2) is 5.92 Å². The van der Waals surface area contributed by atoms with Gasteiger partial charge < -0.3 is 9.47 Å². The Balaban J connectivity index is 2.26. The van der Waals surface area contributed by atoms with E-state index in [0.717, 1.165) is 0 Å². The van der Waals surface area contributed by atoms with Crippen molar-refractivity contribution in [2.24, 2.45) is 5.92 Å². The number of hydrogen-bond acceptors (Lipinski definition) is 5. The number of rotatable bonds is 2. The van der Waals surface area contributed by atoms with Gasteiger partial charge in [-0.3, -0.25) is 14.9 Å². The molecule has 1 fully saturated rings. The Hall–Kier alpha value is -1.43. The summed E-state index contributed by atoms with van der Waals surface area (Å²) in [5.74, 6) is -1.38. The van der Waals surface area contributed by atoms with Crippen LogP contribution < -0.4 is 0 Å². The summed E-state index contributed by atoms with van der Waals surface area (Å²) < 4.78 is 9.74. The predicted molar refractivity (Wildman–Crippen MR) is 44.1 cm³/mol. The Morgan fingerprint density at radius 3 is 2.71 bits per heavy atom. The van der Waals surface area contributed by atoms with Gasteiger partial charge in [0.05, 0.1) is 13.2 Å². The predicted octanol–water partition coefficient (Wildman–Crippen LogP) is -0.242. The summed E-state index contributed by atoms with van der Waals surface area (Å²) in [5.41, 5.74) is 0. The summed E-state index contributed by atoms with van der Waals surface area (Å²) in [4.78, 5) is 21.5. The second-order valence-corrected chi connectivity index (χ2v) is 3.28. The molecule has 2 heterocycles. The van der Waals surface area contributed by atoms with E-state index in [9.17, 15) is 14.9 Å². The number of methoxy groups -OCH3 is 1. The quantitative estimate of drug-likeness (QED) is 0.265. The van der Waals surface area contributed by atoms with Crippen LogP contribution in [0.3, 0.4) is 0 Å². The number of nitrogens with zero attached hydrogens (tertiary/aromatic N) is 1. The van der Waals surface area contributed by atoms with Gasteiger partial charge in [0.1, 0.15) is 6.10 Å². The van der Waals surface area contributed by atoms with Crippen molar-refractivity contribution in [3.05, 3.63) is 22.3 Å². The number of ether oxygens (including phenoxy) is 2. The molecule has 0 aromatic carbocycles. The van der Waals surface area contributed by atoms with Crippen molar-refractivity contribution < 1.29 is 19.2 Å². The third-order valence-electron chi connectivity index (χ3n) is 2.58. The maximum Gasteiger partial charge on any atom is 0.318 e. The SMILES string of the molecule is COC(=O)[C@H]1[C@H]([N+](=O)[O-])[C@H]2C=C[C@@H]1O2. The second kappa shape index (κ2) is 3.06. The zero-order chi connectivity index (χ0) is 10.3. The molecular weight excluding hydrogens is 190 g/mol. The van der Waals surface area contributed by atoms with Gasteiger partial charge in [-0.25, -0.2) is 0 Å². The molecule has 0 spiro atoms. The van der Waals surface area contributed by atoms with Crippen LogP contribution in [0.1, 0.15) is 0 Å². The molecule has 2 bridgehead atoms. The third-order valence-corrected chi connectivity index (χ3v) is 2.58. The molecule has 0 unspecified atom stereocenters. The zero-order valence-corrected chi connectivity index (χ0v) is 7.45. The van der Waals surface area contributed by atoms with Crippen LogP contribution in [0.4, 0.5) is 0 Å². The fourth-order valence-electron chi connectivity index (χ4n) is 1.95. The number of carbonyl (C=O) groups is 1. The lowest BCUT2D eigenvalue weighted by Gasteiger charge is -2.15. The fraction of sp³-hybridized carbons (Fsp3) is 0.625. The van der Waals surface area contributed by atoms with Gasteiger partial charge in [-0.15, -0.1) is 0 Å². The minimum absolute atomic E-state index is 0.476. The molecule has 0 radical (unpaired) electrons. The minimum Gasteiger partial charge on any atom is -0.469 e. The van der Waals surface area contributed by atoms with Crippen molar-refractivity contribution in [3.63, 3.8) is 0 Å². The molecule has 0 N–H and O–H groups in total. The van der Waals surface area contributed by atoms with E-state index < -0.39 is 35.1 Å². The molecule has 2 rings (SSSR count). The highest BCUT2D eigenvalue weighted by molar-refractivity contribution is 5.75. The van der Waals surface area contributed by atoms with Gasteiger partial charge in [0.25, 0.3) is 6.04 Å². The minimum atomic E-state index is -1.00. The molecule has 0 aromatic rings. The van der Waals surface area contributed by atoms with E-state index in [0.29, 0.717) is 0 Å². The zero-order valence-electron chi connectivity index (χ0n) is 7.45. The summed E-state index contributed by atoms with van der Waals surface area (Å²) in [6.07, 6.45) is 2.21. The summed E-state index contributed by atoms with van der Waals surface area (Å²) in [7, 11) is 1.22. The van der Waals surface area contributed by atoms with Crippen molar-refractivity contribution in [1.82, 2.24) is 0 Å². The maximum absolute atomic E-state index is 11.3. The highest BCUT2D eigenvalue weighted by Gasteiger charge is 2.57. The molecule has 2 aliphatic heterocycles. The molecule has 1 saturated heterocycles. The van der Waals surface area contributed by atoms with E-state index in [2.05, 4.69) is 4.74 Å². The smallest absolute Gasteiger partial charge is 0.318 e. The number of hydrogen-bond donors (Lipinski definition) is 0. The van der Waals surface area contributed by atoms with E-state index in [-0.39, 0.29) is 0 Å². The van der Waals surface area contributed by atoms with Crippen molar-refractivity contribution in [2.45, 2.75) is 18.2 Å². The van der Waals surface area contributed by atoms with Crippen LogP contribution >= 0.6 is 0 Å². The average molecular weight is 199 g/mol. The molecular formula is C8H9NO5. The fourth-order valence-corrected chi connectivity index (χ4v) is 1.95. The number of esters is 1. The van der Waals surface area contributed by atoms with Gasteiger partial charge in [0, 0.05) is 4.92 Å². The summed E-state index contributed by atoms with van der Waals surface area (Å²) in [5, 5.41) is 10.7. The van der Waals surface area contributed by atoms with Crippen molar-refractivity contribution in [3.8, 4) is 0 Å². The topological polar surface area (TPSA) is 78.7 Å². The van der Waals surface area contributed by atoms with Gasteiger partial charge in [-0.05, 0) is 0 Å². The van der Waals surface area contributed by atoms with Crippen LogP contribution in [0, 0.1) is 16.0 Å². The molecule has 6 heteroatoms. The summed E-state index contributed by atoms with van der Waals surface area (Å²) >= 11 is 0. The third kappa shape index (κ3) is 1.11. The van der Waals surface area contributed by atoms with E-state index in [1.54, 1.807) is 12.2 Å². The highest BCUT2D eigenvalue weighted by Crippen LogP contribution is 2.36. The first-order valence-corrected chi connectivity index (χ1v) is 4.20. The van der Waals surface area contributed by atoms with E-state index in [1.165, 1.54) is 7.11 Å². The molecule has 14 heavy (non-hydrogen) atoms. The lowest BCUT2D eigenvalue weighted by atomic mass is 9.89. The van der Waals surface area contributed by atoms with Gasteiger partial charge >= 0.3 is 5.97 Å². The molecule has 0 aliphatic carbocycles. The van der Waals surface area contributed by atoms with Crippen molar-refractivity contribution in [2.75, 3.05) is 7.11 Å². The lowest BCUT2D eigenvalue weighted by molar-refractivity contribution is -0.530. The molecule has 2 aliphatic rings. The lowest BCUT2D eigenvalue weighted by Crippen LogP contribution is -2.41. The van der Waals surface area contributed by atoms with Crippen LogP contribution in [-0.2, 0) is 14.3 Å². The first kappa shape index (κ1) is 9.14. The number of carbonyl (C=O) groups excluding carboxylic acids is 1. The molecule has 4 atom stereocenters. The van der Waals surface area contributed by atoms with E-state index in [4.69, 9.17) is 4.74 Å². The van der Waals surface area contributed by atoms with Crippen molar-refractivity contribution in [1.29, 1.82) is 0 Å².